The van der Waals surface area contributed by atoms with Crippen molar-refractivity contribution in [2.24, 2.45) is 0 Å². The van der Waals surface area contributed by atoms with E-state index in [0.717, 1.165) is 25.9 Å². The van der Waals surface area contributed by atoms with E-state index in [9.17, 15) is 9.59 Å². The lowest BCUT2D eigenvalue weighted by Crippen LogP contribution is -2.58. The molecular formula is C20H30N4O2. The van der Waals surface area contributed by atoms with Gasteiger partial charge in [-0.15, -0.1) is 0 Å². The monoisotopic (exact) mass is 358 g/mol. The van der Waals surface area contributed by atoms with Crippen LogP contribution in [-0.2, 0) is 16.1 Å². The first-order valence-corrected chi connectivity index (χ1v) is 9.63. The predicted octanol–water partition coefficient (Wildman–Crippen LogP) is 1.02. The van der Waals surface area contributed by atoms with Crippen LogP contribution in [0.25, 0.3) is 0 Å². The molecule has 3 atom stereocenters. The van der Waals surface area contributed by atoms with Gasteiger partial charge in [0.2, 0.25) is 11.8 Å². The molecule has 6 nitrogen and oxygen atoms in total. The summed E-state index contributed by atoms with van der Waals surface area (Å²) in [6, 6.07) is 11.0. The number of carbonyl (C=O) groups excluding carboxylic acids is 2. The number of nitrogens with one attached hydrogen (secondary N) is 3. The van der Waals surface area contributed by atoms with Crippen molar-refractivity contribution in [2.75, 3.05) is 13.1 Å². The van der Waals surface area contributed by atoms with Gasteiger partial charge in [0.05, 0.1) is 6.04 Å². The SMILES string of the molecule is CC(C)NC(=O)CCC1CNC(=O)C2CC(NCc3ccccc3)CN12. The molecule has 1 aromatic rings. The van der Waals surface area contributed by atoms with Crippen LogP contribution in [0, 0.1) is 0 Å². The van der Waals surface area contributed by atoms with Crippen LogP contribution in [0.1, 0.15) is 38.7 Å². The molecule has 2 saturated heterocycles. The van der Waals surface area contributed by atoms with E-state index < -0.39 is 0 Å². The van der Waals surface area contributed by atoms with Crippen molar-refractivity contribution in [1.82, 2.24) is 20.9 Å². The summed E-state index contributed by atoms with van der Waals surface area (Å²) >= 11 is 0. The van der Waals surface area contributed by atoms with Gasteiger partial charge in [-0.05, 0) is 32.3 Å². The summed E-state index contributed by atoms with van der Waals surface area (Å²) < 4.78 is 0. The molecular weight excluding hydrogens is 328 g/mol. The number of amides is 2. The fourth-order valence-electron chi connectivity index (χ4n) is 3.94. The van der Waals surface area contributed by atoms with Crippen LogP contribution in [0.15, 0.2) is 30.3 Å². The van der Waals surface area contributed by atoms with Crippen molar-refractivity contribution in [3.8, 4) is 0 Å². The first kappa shape index (κ1) is 18.9. The zero-order valence-corrected chi connectivity index (χ0v) is 15.7. The number of fused-ring (bicyclic) bond motifs is 1. The highest BCUT2D eigenvalue weighted by atomic mass is 16.2. The Bertz CT molecular complexity index is 619. The largest absolute Gasteiger partial charge is 0.354 e. The molecule has 2 heterocycles. The van der Waals surface area contributed by atoms with Gasteiger partial charge in [0.1, 0.15) is 0 Å². The molecule has 3 unspecified atom stereocenters. The van der Waals surface area contributed by atoms with Crippen molar-refractivity contribution < 1.29 is 9.59 Å². The van der Waals surface area contributed by atoms with E-state index in [-0.39, 0.29) is 29.9 Å². The van der Waals surface area contributed by atoms with Crippen LogP contribution in [0.2, 0.25) is 0 Å². The van der Waals surface area contributed by atoms with E-state index >= 15 is 0 Å². The van der Waals surface area contributed by atoms with Crippen LogP contribution >= 0.6 is 0 Å². The molecule has 2 aliphatic rings. The normalized spacial score (nSPS) is 25.8. The summed E-state index contributed by atoms with van der Waals surface area (Å²) in [4.78, 5) is 26.5. The van der Waals surface area contributed by atoms with Gasteiger partial charge < -0.3 is 16.0 Å². The van der Waals surface area contributed by atoms with Gasteiger partial charge in [0, 0.05) is 44.2 Å². The Balaban J connectivity index is 1.53. The maximum Gasteiger partial charge on any atom is 0.237 e. The first-order valence-electron chi connectivity index (χ1n) is 9.63. The number of rotatable bonds is 7. The van der Waals surface area contributed by atoms with Crippen LogP contribution in [0.3, 0.4) is 0 Å². The fraction of sp³-hybridized carbons (Fsp3) is 0.600. The minimum atomic E-state index is -0.0739. The highest BCUT2D eigenvalue weighted by molar-refractivity contribution is 5.83. The molecule has 26 heavy (non-hydrogen) atoms. The van der Waals surface area contributed by atoms with Gasteiger partial charge in [0.25, 0.3) is 0 Å². The van der Waals surface area contributed by atoms with E-state index in [1.807, 2.05) is 32.0 Å². The standard InChI is InChI=1S/C20H30N4O2/c1-14(2)23-19(25)9-8-17-12-22-20(26)18-10-16(13-24(17)18)21-11-15-6-4-3-5-7-15/h3-7,14,16-18,21H,8-13H2,1-2H3,(H,22,26)(H,23,25). The lowest BCUT2D eigenvalue weighted by atomic mass is 10.0. The molecule has 2 aliphatic heterocycles. The van der Waals surface area contributed by atoms with Gasteiger partial charge in [-0.2, -0.15) is 0 Å². The Morgan fingerprint density at radius 2 is 2.08 bits per heavy atom. The molecule has 0 saturated carbocycles. The lowest BCUT2D eigenvalue weighted by Gasteiger charge is -2.37. The van der Waals surface area contributed by atoms with Crippen molar-refractivity contribution >= 4 is 11.8 Å². The summed E-state index contributed by atoms with van der Waals surface area (Å²) in [5.41, 5.74) is 1.25. The minimum absolute atomic E-state index is 0.0739. The topological polar surface area (TPSA) is 73.5 Å². The molecule has 142 valence electrons. The van der Waals surface area contributed by atoms with Crippen LogP contribution in [0.5, 0.6) is 0 Å². The summed E-state index contributed by atoms with van der Waals surface area (Å²) in [7, 11) is 0. The third kappa shape index (κ3) is 4.83. The number of benzene rings is 1. The van der Waals surface area contributed by atoms with E-state index in [1.54, 1.807) is 0 Å². The van der Waals surface area contributed by atoms with Crippen molar-refractivity contribution in [3.05, 3.63) is 35.9 Å². The number of hydrogen-bond donors (Lipinski definition) is 3. The van der Waals surface area contributed by atoms with Gasteiger partial charge >= 0.3 is 0 Å². The van der Waals surface area contributed by atoms with Gasteiger partial charge in [0.15, 0.2) is 0 Å². The van der Waals surface area contributed by atoms with Crippen molar-refractivity contribution in [1.29, 1.82) is 0 Å². The Morgan fingerprint density at radius 3 is 2.81 bits per heavy atom. The van der Waals surface area contributed by atoms with Crippen LogP contribution in [-0.4, -0.2) is 54.0 Å². The second-order valence-corrected chi connectivity index (χ2v) is 7.67. The summed E-state index contributed by atoms with van der Waals surface area (Å²) in [6.45, 7) is 6.25. The first-order chi connectivity index (χ1) is 12.5. The molecule has 2 amide bonds. The molecule has 6 heteroatoms. The summed E-state index contributed by atoms with van der Waals surface area (Å²) in [5, 5.41) is 9.55. The van der Waals surface area contributed by atoms with E-state index in [4.69, 9.17) is 0 Å². The maximum absolute atomic E-state index is 12.3. The Morgan fingerprint density at radius 1 is 1.31 bits per heavy atom. The van der Waals surface area contributed by atoms with E-state index in [1.165, 1.54) is 5.56 Å². The third-order valence-electron chi connectivity index (χ3n) is 5.21. The van der Waals surface area contributed by atoms with Gasteiger partial charge in [-0.25, -0.2) is 0 Å². The van der Waals surface area contributed by atoms with Gasteiger partial charge in [-0.1, -0.05) is 30.3 Å². The number of piperazine rings is 1. The molecule has 0 bridgehead atoms. The average Bonchev–Trinajstić information content (AvgIpc) is 3.05. The molecule has 2 fully saturated rings. The lowest BCUT2D eigenvalue weighted by molar-refractivity contribution is -0.129. The Kier molecular flexibility index (Phi) is 6.27. The smallest absolute Gasteiger partial charge is 0.237 e. The molecule has 1 aromatic carbocycles. The molecule has 3 rings (SSSR count). The zero-order valence-electron chi connectivity index (χ0n) is 15.7. The second kappa shape index (κ2) is 8.64. The van der Waals surface area contributed by atoms with Crippen LogP contribution < -0.4 is 16.0 Å². The fourth-order valence-corrected chi connectivity index (χ4v) is 3.94. The molecule has 3 N–H and O–H groups in total. The van der Waals surface area contributed by atoms with Crippen molar-refractivity contribution in [3.63, 3.8) is 0 Å². The second-order valence-electron chi connectivity index (χ2n) is 7.67. The number of carbonyl (C=O) groups is 2. The number of nitrogens with zero attached hydrogens (tertiary/aromatic N) is 1. The third-order valence-corrected chi connectivity index (χ3v) is 5.21. The minimum Gasteiger partial charge on any atom is -0.354 e. The molecule has 0 radical (unpaired) electrons. The van der Waals surface area contributed by atoms with Crippen molar-refractivity contribution in [2.45, 2.75) is 63.8 Å². The molecule has 0 spiro atoms. The van der Waals surface area contributed by atoms with Gasteiger partial charge in [-0.3, -0.25) is 14.5 Å². The maximum atomic E-state index is 12.3. The highest BCUT2D eigenvalue weighted by Gasteiger charge is 2.43. The molecule has 0 aromatic heterocycles. The quantitative estimate of drug-likeness (QED) is 0.680. The van der Waals surface area contributed by atoms with E-state index in [2.05, 4.69) is 33.0 Å². The zero-order chi connectivity index (χ0) is 18.5. The highest BCUT2D eigenvalue weighted by Crippen LogP contribution is 2.26. The van der Waals surface area contributed by atoms with E-state index in [0.29, 0.717) is 19.0 Å². The van der Waals surface area contributed by atoms with Crippen LogP contribution in [0.4, 0.5) is 0 Å². The Hall–Kier alpha value is -1.92. The average molecular weight is 358 g/mol. The predicted molar refractivity (Wildman–Crippen MR) is 101 cm³/mol. The molecule has 0 aliphatic carbocycles. The number of hydrogen-bond acceptors (Lipinski definition) is 4. The Labute approximate surface area is 155 Å². The summed E-state index contributed by atoms with van der Waals surface area (Å²) in [6.07, 6.45) is 2.11. The summed E-state index contributed by atoms with van der Waals surface area (Å²) in [5.74, 6) is 0.211.